The van der Waals surface area contributed by atoms with E-state index in [2.05, 4.69) is 20.9 Å². The summed E-state index contributed by atoms with van der Waals surface area (Å²) in [6.07, 6.45) is 4.00. The molecule has 0 N–H and O–H groups in total. The second-order valence-corrected chi connectivity index (χ2v) is 4.26. The van der Waals surface area contributed by atoms with Crippen LogP contribution in [0.4, 0.5) is 0 Å². The standard InChI is InChI=1S/C6H6BrNOS/c7-5-4-8-6(10-5)2-1-3-9/h3-4H,1-2H2. The Morgan fingerprint density at radius 3 is 3.10 bits per heavy atom. The van der Waals surface area contributed by atoms with E-state index < -0.39 is 0 Å². The van der Waals surface area contributed by atoms with E-state index in [9.17, 15) is 4.79 Å². The number of aromatic nitrogens is 1. The zero-order chi connectivity index (χ0) is 7.40. The maximum Gasteiger partial charge on any atom is 0.120 e. The number of aldehydes is 1. The number of carbonyl (C=O) groups is 1. The average Bonchev–Trinajstić information content (AvgIpc) is 2.31. The van der Waals surface area contributed by atoms with E-state index in [1.807, 2.05) is 0 Å². The number of carbonyl (C=O) groups excluding carboxylic acids is 1. The molecule has 0 aromatic carbocycles. The van der Waals surface area contributed by atoms with Crippen LogP contribution >= 0.6 is 27.3 Å². The quantitative estimate of drug-likeness (QED) is 0.729. The number of hydrogen-bond donors (Lipinski definition) is 0. The van der Waals surface area contributed by atoms with Crippen LogP contribution in [0.2, 0.25) is 0 Å². The molecule has 0 saturated carbocycles. The van der Waals surface area contributed by atoms with E-state index in [1.165, 1.54) is 0 Å². The highest BCUT2D eigenvalue weighted by Crippen LogP contribution is 2.19. The van der Waals surface area contributed by atoms with Gasteiger partial charge < -0.3 is 4.79 Å². The molecular formula is C6H6BrNOS. The van der Waals surface area contributed by atoms with Crippen molar-refractivity contribution in [3.05, 3.63) is 15.0 Å². The summed E-state index contributed by atoms with van der Waals surface area (Å²) in [7, 11) is 0. The number of hydrogen-bond acceptors (Lipinski definition) is 3. The SMILES string of the molecule is O=CCCc1ncc(Br)s1. The molecule has 10 heavy (non-hydrogen) atoms. The largest absolute Gasteiger partial charge is 0.303 e. The lowest BCUT2D eigenvalue weighted by Gasteiger charge is -1.84. The number of thiazole rings is 1. The first-order valence-corrected chi connectivity index (χ1v) is 4.47. The predicted octanol–water partition coefficient (Wildman–Crippen LogP) is 2.04. The lowest BCUT2D eigenvalue weighted by molar-refractivity contribution is -0.107. The molecule has 0 bridgehead atoms. The summed E-state index contributed by atoms with van der Waals surface area (Å²) in [5.74, 6) is 0. The van der Waals surface area contributed by atoms with Crippen LogP contribution in [0, 0.1) is 0 Å². The highest BCUT2D eigenvalue weighted by atomic mass is 79.9. The molecule has 1 aromatic rings. The smallest absolute Gasteiger partial charge is 0.120 e. The average molecular weight is 220 g/mol. The Morgan fingerprint density at radius 2 is 2.60 bits per heavy atom. The maximum absolute atomic E-state index is 9.95. The van der Waals surface area contributed by atoms with Crippen LogP contribution < -0.4 is 0 Å². The van der Waals surface area contributed by atoms with Crippen molar-refractivity contribution in [1.82, 2.24) is 4.98 Å². The molecule has 1 aromatic heterocycles. The van der Waals surface area contributed by atoms with Crippen molar-refractivity contribution in [3.8, 4) is 0 Å². The second-order valence-electron chi connectivity index (χ2n) is 1.76. The van der Waals surface area contributed by atoms with Gasteiger partial charge in [-0.3, -0.25) is 0 Å². The van der Waals surface area contributed by atoms with Crippen LogP contribution in [0.25, 0.3) is 0 Å². The van der Waals surface area contributed by atoms with Gasteiger partial charge in [0.15, 0.2) is 0 Å². The summed E-state index contributed by atoms with van der Waals surface area (Å²) in [6, 6.07) is 0. The fourth-order valence-electron chi connectivity index (χ4n) is 0.586. The molecule has 4 heteroatoms. The van der Waals surface area contributed by atoms with Gasteiger partial charge in [-0.25, -0.2) is 4.98 Å². The Bertz CT molecular complexity index is 223. The molecule has 0 saturated heterocycles. The van der Waals surface area contributed by atoms with Crippen molar-refractivity contribution in [2.75, 3.05) is 0 Å². The van der Waals surface area contributed by atoms with E-state index in [4.69, 9.17) is 0 Å². The molecule has 54 valence electrons. The van der Waals surface area contributed by atoms with E-state index in [0.717, 1.165) is 21.5 Å². The van der Waals surface area contributed by atoms with E-state index in [0.29, 0.717) is 6.42 Å². The Labute approximate surface area is 71.4 Å². The van der Waals surface area contributed by atoms with Crippen molar-refractivity contribution < 1.29 is 4.79 Å². The fraction of sp³-hybridized carbons (Fsp3) is 0.333. The molecule has 0 amide bonds. The van der Waals surface area contributed by atoms with E-state index in [1.54, 1.807) is 17.5 Å². The highest BCUT2D eigenvalue weighted by molar-refractivity contribution is 9.11. The van der Waals surface area contributed by atoms with Gasteiger partial charge in [-0.2, -0.15) is 0 Å². The van der Waals surface area contributed by atoms with E-state index in [-0.39, 0.29) is 0 Å². The Hall–Kier alpha value is -0.220. The van der Waals surface area contributed by atoms with Crippen LogP contribution in [-0.4, -0.2) is 11.3 Å². The van der Waals surface area contributed by atoms with Crippen molar-refractivity contribution in [3.63, 3.8) is 0 Å². The third-order valence-electron chi connectivity index (χ3n) is 1.00. The van der Waals surface area contributed by atoms with Crippen molar-refractivity contribution in [1.29, 1.82) is 0 Å². The van der Waals surface area contributed by atoms with Crippen molar-refractivity contribution in [2.24, 2.45) is 0 Å². The minimum Gasteiger partial charge on any atom is -0.303 e. The van der Waals surface area contributed by atoms with Gasteiger partial charge in [-0.05, 0) is 15.9 Å². The van der Waals surface area contributed by atoms with Gasteiger partial charge in [0, 0.05) is 12.8 Å². The summed E-state index contributed by atoms with van der Waals surface area (Å²) in [4.78, 5) is 14.0. The summed E-state index contributed by atoms with van der Waals surface area (Å²) in [5, 5.41) is 1.01. The lowest BCUT2D eigenvalue weighted by atomic mass is 10.3. The highest BCUT2D eigenvalue weighted by Gasteiger charge is 1.97. The number of rotatable bonds is 3. The molecule has 0 unspecified atom stereocenters. The molecule has 0 atom stereocenters. The first-order chi connectivity index (χ1) is 4.83. The topological polar surface area (TPSA) is 30.0 Å². The van der Waals surface area contributed by atoms with Crippen molar-refractivity contribution >= 4 is 33.6 Å². The molecule has 0 aliphatic heterocycles. The molecular weight excluding hydrogens is 214 g/mol. The van der Waals surface area contributed by atoms with Gasteiger partial charge in [-0.15, -0.1) is 11.3 Å². The minimum atomic E-state index is 0.569. The molecule has 0 spiro atoms. The monoisotopic (exact) mass is 219 g/mol. The van der Waals surface area contributed by atoms with Gasteiger partial charge in [0.1, 0.15) is 6.29 Å². The summed E-state index contributed by atoms with van der Waals surface area (Å²) in [6.45, 7) is 0. The number of aryl methyl sites for hydroxylation is 1. The Morgan fingerprint density at radius 1 is 1.80 bits per heavy atom. The van der Waals surface area contributed by atoms with Crippen molar-refractivity contribution in [2.45, 2.75) is 12.8 Å². The first kappa shape index (κ1) is 7.88. The summed E-state index contributed by atoms with van der Waals surface area (Å²) in [5.41, 5.74) is 0. The van der Waals surface area contributed by atoms with Crippen LogP contribution in [0.1, 0.15) is 11.4 Å². The van der Waals surface area contributed by atoms with Gasteiger partial charge in [-0.1, -0.05) is 0 Å². The third-order valence-corrected chi connectivity index (χ3v) is 2.54. The van der Waals surface area contributed by atoms with Crippen LogP contribution in [0.15, 0.2) is 9.98 Å². The number of nitrogens with zero attached hydrogens (tertiary/aromatic N) is 1. The van der Waals surface area contributed by atoms with E-state index >= 15 is 0 Å². The predicted molar refractivity (Wildman–Crippen MR) is 44.2 cm³/mol. The van der Waals surface area contributed by atoms with Gasteiger partial charge in [0.25, 0.3) is 0 Å². The normalized spacial score (nSPS) is 9.70. The zero-order valence-corrected chi connectivity index (χ0v) is 7.61. The summed E-state index contributed by atoms with van der Waals surface area (Å²) < 4.78 is 1.02. The third kappa shape index (κ3) is 2.19. The molecule has 0 fully saturated rings. The first-order valence-electron chi connectivity index (χ1n) is 2.87. The second kappa shape index (κ2) is 3.83. The van der Waals surface area contributed by atoms with Crippen LogP contribution in [0.3, 0.4) is 0 Å². The maximum atomic E-state index is 9.95. The Balaban J connectivity index is 2.49. The zero-order valence-electron chi connectivity index (χ0n) is 5.21. The fourth-order valence-corrected chi connectivity index (χ4v) is 1.90. The lowest BCUT2D eigenvalue weighted by Crippen LogP contribution is -1.82. The van der Waals surface area contributed by atoms with Gasteiger partial charge in [0.05, 0.1) is 15.0 Å². The molecule has 0 aliphatic rings. The molecule has 1 heterocycles. The minimum absolute atomic E-state index is 0.569. The molecule has 2 nitrogen and oxygen atoms in total. The molecule has 0 radical (unpaired) electrons. The van der Waals surface area contributed by atoms with Crippen LogP contribution in [-0.2, 0) is 11.2 Å². The van der Waals surface area contributed by atoms with Gasteiger partial charge in [0.2, 0.25) is 0 Å². The van der Waals surface area contributed by atoms with Gasteiger partial charge >= 0.3 is 0 Å². The van der Waals surface area contributed by atoms with Crippen LogP contribution in [0.5, 0.6) is 0 Å². The number of halogens is 1. The molecule has 1 rings (SSSR count). The molecule has 0 aliphatic carbocycles. The summed E-state index contributed by atoms with van der Waals surface area (Å²) >= 11 is 4.87. The Kier molecular flexibility index (Phi) is 3.02.